The van der Waals surface area contributed by atoms with Gasteiger partial charge >= 0.3 is 11.9 Å². The molecule has 0 atom stereocenters. The summed E-state index contributed by atoms with van der Waals surface area (Å²) >= 11 is 0. The summed E-state index contributed by atoms with van der Waals surface area (Å²) in [6, 6.07) is 33.3. The fraction of sp³-hybridized carbons (Fsp3) is 0.184. The quantitative estimate of drug-likeness (QED) is 0.134. The molecular weight excluding hydrogens is 769 g/mol. The summed E-state index contributed by atoms with van der Waals surface area (Å²) in [6.07, 6.45) is 11.8. The largest absolute Gasteiger partial charge is 0.478 e. The van der Waals surface area contributed by atoms with E-state index in [1.54, 1.807) is 36.8 Å². The van der Waals surface area contributed by atoms with Crippen LogP contribution in [-0.4, -0.2) is 53.2 Å². The topological polar surface area (TPSA) is 159 Å². The highest BCUT2D eigenvalue weighted by atomic mass is 16.5. The third-order valence-electron chi connectivity index (χ3n) is 11.2. The van der Waals surface area contributed by atoms with Gasteiger partial charge in [0.05, 0.1) is 62.8 Å². The third kappa shape index (κ3) is 8.07. The van der Waals surface area contributed by atoms with E-state index in [1.807, 2.05) is 91.1 Å². The summed E-state index contributed by atoms with van der Waals surface area (Å²) in [5, 5.41) is 10.7. The molecule has 0 amide bonds. The summed E-state index contributed by atoms with van der Waals surface area (Å²) in [5.41, 5.74) is 7.86. The van der Waals surface area contributed by atoms with Crippen LogP contribution in [0.5, 0.6) is 0 Å². The molecule has 2 aliphatic carbocycles. The summed E-state index contributed by atoms with van der Waals surface area (Å²) in [4.78, 5) is 68.6. The second kappa shape index (κ2) is 16.6. The van der Waals surface area contributed by atoms with E-state index < -0.39 is 11.9 Å². The Balaban J connectivity index is 0.000000156. The zero-order valence-corrected chi connectivity index (χ0v) is 33.3. The SMILES string of the molecule is COC(=O)c1cc(C2CC2)cnc1Cc1cccc2c(=O)n(-c3ccccc3)cnc12.O=C(O)c1cc(C2CC2)cnc1Cc1cccc2c(=O)n(-c3ccccc3)cnc12. The summed E-state index contributed by atoms with van der Waals surface area (Å²) in [6.45, 7) is 0. The molecule has 2 fully saturated rings. The van der Waals surface area contributed by atoms with Crippen LogP contribution in [0.4, 0.5) is 0 Å². The lowest BCUT2D eigenvalue weighted by Crippen LogP contribution is -2.19. The average molecular weight is 809 g/mol. The number of rotatable bonds is 10. The average Bonchev–Trinajstić information content (AvgIpc) is 4.24. The van der Waals surface area contributed by atoms with Gasteiger partial charge in [0.1, 0.15) is 12.7 Å². The van der Waals surface area contributed by atoms with Gasteiger partial charge in [-0.25, -0.2) is 19.6 Å². The Labute approximate surface area is 349 Å². The van der Waals surface area contributed by atoms with Crippen LogP contribution in [0.2, 0.25) is 0 Å². The van der Waals surface area contributed by atoms with Crippen molar-refractivity contribution >= 4 is 33.7 Å². The lowest BCUT2D eigenvalue weighted by atomic mass is 10.0. The lowest BCUT2D eigenvalue weighted by Gasteiger charge is -2.12. The number of hydrogen-bond donors (Lipinski definition) is 1. The fourth-order valence-corrected chi connectivity index (χ4v) is 7.67. The van der Waals surface area contributed by atoms with Gasteiger partial charge in [0.2, 0.25) is 0 Å². The number of benzene rings is 4. The molecule has 2 saturated carbocycles. The van der Waals surface area contributed by atoms with Gasteiger partial charge in [-0.1, -0.05) is 60.7 Å². The molecule has 12 heteroatoms. The first-order valence-corrected chi connectivity index (χ1v) is 20.2. The first-order chi connectivity index (χ1) is 29.8. The molecule has 4 aromatic heterocycles. The minimum absolute atomic E-state index is 0.136. The lowest BCUT2D eigenvalue weighted by molar-refractivity contribution is 0.0598. The van der Waals surface area contributed by atoms with Crippen LogP contribution < -0.4 is 11.1 Å². The van der Waals surface area contributed by atoms with Gasteiger partial charge in [-0.3, -0.25) is 28.7 Å². The number of fused-ring (bicyclic) bond motifs is 2. The monoisotopic (exact) mass is 808 g/mol. The van der Waals surface area contributed by atoms with Crippen molar-refractivity contribution in [2.45, 2.75) is 50.4 Å². The second-order valence-corrected chi connectivity index (χ2v) is 15.4. The standard InChI is InChI=1S/C25H21N3O3.C24H19N3O3/c1-31-25(30)21-12-18(16-10-11-16)14-26-22(21)13-17-6-5-9-20-23(17)27-15-28(24(20)29)19-7-3-2-4-8-19;28-23-19-8-4-5-16(22(19)26-14-27(23)18-6-2-1-3-7-18)12-21-20(24(29)30)11-17(13-25-21)15-9-10-15/h2-9,12,14-16H,10-11,13H2,1H3;1-8,11,13-15H,9-10,12H2,(H,29,30). The first kappa shape index (κ1) is 38.9. The summed E-state index contributed by atoms with van der Waals surface area (Å²) in [5.74, 6) is -0.467. The second-order valence-electron chi connectivity index (χ2n) is 15.4. The molecule has 4 heterocycles. The van der Waals surface area contributed by atoms with Gasteiger partial charge < -0.3 is 9.84 Å². The van der Waals surface area contributed by atoms with Crippen molar-refractivity contribution in [3.63, 3.8) is 0 Å². The molecule has 1 N–H and O–H groups in total. The number of carbonyl (C=O) groups excluding carboxylic acids is 1. The van der Waals surface area contributed by atoms with E-state index in [9.17, 15) is 24.3 Å². The molecule has 302 valence electrons. The normalized spacial score (nSPS) is 13.4. The van der Waals surface area contributed by atoms with Crippen LogP contribution in [-0.2, 0) is 17.6 Å². The number of ether oxygens (including phenoxy) is 1. The van der Waals surface area contributed by atoms with Crippen LogP contribution in [0.3, 0.4) is 0 Å². The highest BCUT2D eigenvalue weighted by molar-refractivity contribution is 5.91. The predicted molar refractivity (Wildman–Crippen MR) is 231 cm³/mol. The molecule has 2 aliphatic rings. The minimum Gasteiger partial charge on any atom is -0.478 e. The van der Waals surface area contributed by atoms with Crippen molar-refractivity contribution in [2.24, 2.45) is 0 Å². The van der Waals surface area contributed by atoms with Crippen LogP contribution in [0, 0.1) is 0 Å². The Kier molecular flexibility index (Phi) is 10.6. The van der Waals surface area contributed by atoms with Crippen LogP contribution in [0.25, 0.3) is 33.2 Å². The van der Waals surface area contributed by atoms with E-state index in [4.69, 9.17) is 4.74 Å². The van der Waals surface area contributed by atoms with Crippen molar-refractivity contribution in [1.29, 1.82) is 0 Å². The van der Waals surface area contributed by atoms with Gasteiger partial charge in [-0.05, 0) is 108 Å². The number of pyridine rings is 2. The molecule has 4 aromatic carbocycles. The number of aromatic carboxylic acids is 1. The number of carboxylic acids is 1. The zero-order valence-electron chi connectivity index (χ0n) is 33.3. The van der Waals surface area contributed by atoms with E-state index in [2.05, 4.69) is 19.9 Å². The van der Waals surface area contributed by atoms with Gasteiger partial charge in [0.25, 0.3) is 11.1 Å². The number of esters is 1. The molecule has 10 rings (SSSR count). The summed E-state index contributed by atoms with van der Waals surface area (Å²) in [7, 11) is 1.38. The molecule has 0 spiro atoms. The van der Waals surface area contributed by atoms with Gasteiger partial charge in [-0.15, -0.1) is 0 Å². The fourth-order valence-electron chi connectivity index (χ4n) is 7.67. The molecular formula is C49H40N6O6. The Hall–Kier alpha value is -7.60. The highest BCUT2D eigenvalue weighted by Gasteiger charge is 2.27. The van der Waals surface area contributed by atoms with Crippen molar-refractivity contribution in [3.8, 4) is 11.4 Å². The number of methoxy groups -OCH3 is 1. The van der Waals surface area contributed by atoms with E-state index in [1.165, 1.54) is 22.6 Å². The van der Waals surface area contributed by atoms with E-state index in [-0.39, 0.29) is 16.7 Å². The maximum atomic E-state index is 13.1. The van der Waals surface area contributed by atoms with Crippen LogP contribution >= 0.6 is 0 Å². The number of carbonyl (C=O) groups is 2. The van der Waals surface area contributed by atoms with E-state index >= 15 is 0 Å². The maximum absolute atomic E-state index is 13.1. The van der Waals surface area contributed by atoms with Gasteiger partial charge in [-0.2, -0.15) is 0 Å². The van der Waals surface area contributed by atoms with Crippen LogP contribution in [0.15, 0.2) is 144 Å². The molecule has 8 aromatic rings. The van der Waals surface area contributed by atoms with E-state index in [0.29, 0.717) is 63.4 Å². The summed E-state index contributed by atoms with van der Waals surface area (Å²) < 4.78 is 8.04. The van der Waals surface area contributed by atoms with Gasteiger partial charge in [0.15, 0.2) is 0 Å². The smallest absolute Gasteiger partial charge is 0.339 e. The number of hydrogen-bond acceptors (Lipinski definition) is 9. The molecule has 12 nitrogen and oxygen atoms in total. The predicted octanol–water partition coefficient (Wildman–Crippen LogP) is 7.98. The van der Waals surface area contributed by atoms with Crippen molar-refractivity contribution in [1.82, 2.24) is 29.1 Å². The molecule has 0 aliphatic heterocycles. The van der Waals surface area contributed by atoms with Crippen molar-refractivity contribution in [3.05, 3.63) is 200 Å². The van der Waals surface area contributed by atoms with Crippen LogP contribution in [0.1, 0.15) is 91.9 Å². The van der Waals surface area contributed by atoms with E-state index in [0.717, 1.165) is 59.3 Å². The highest BCUT2D eigenvalue weighted by Crippen LogP contribution is 2.41. The van der Waals surface area contributed by atoms with Crippen molar-refractivity contribution < 1.29 is 19.4 Å². The number of aromatic nitrogens is 6. The number of nitrogens with zero attached hydrogens (tertiary/aromatic N) is 6. The Bertz CT molecular complexity index is 3080. The molecule has 0 unspecified atom stereocenters. The number of para-hydroxylation sites is 4. The molecule has 0 bridgehead atoms. The zero-order chi connectivity index (χ0) is 42.0. The molecule has 0 radical (unpaired) electrons. The Morgan fingerprint density at radius 1 is 0.607 bits per heavy atom. The van der Waals surface area contributed by atoms with Crippen molar-refractivity contribution in [2.75, 3.05) is 7.11 Å². The first-order valence-electron chi connectivity index (χ1n) is 20.2. The minimum atomic E-state index is -0.986. The van der Waals surface area contributed by atoms with Gasteiger partial charge in [0, 0.05) is 25.2 Å². The maximum Gasteiger partial charge on any atom is 0.339 e. The Morgan fingerprint density at radius 3 is 1.48 bits per heavy atom. The third-order valence-corrected chi connectivity index (χ3v) is 11.2. The Morgan fingerprint density at radius 2 is 1.05 bits per heavy atom. The number of carboxylic acid groups (broad SMARTS) is 1. The molecule has 61 heavy (non-hydrogen) atoms. The molecule has 0 saturated heterocycles.